The summed E-state index contributed by atoms with van der Waals surface area (Å²) >= 11 is 0. The van der Waals surface area contributed by atoms with Crippen molar-refractivity contribution < 1.29 is 9.53 Å². The van der Waals surface area contributed by atoms with Gasteiger partial charge in [-0.3, -0.25) is 4.79 Å². The van der Waals surface area contributed by atoms with Gasteiger partial charge in [-0.15, -0.1) is 0 Å². The van der Waals surface area contributed by atoms with Crippen molar-refractivity contribution in [1.29, 1.82) is 0 Å². The molecule has 1 aliphatic carbocycles. The second-order valence-electron chi connectivity index (χ2n) is 5.25. The molecule has 1 saturated carbocycles. The molecule has 2 rings (SSSR count). The summed E-state index contributed by atoms with van der Waals surface area (Å²) in [6.07, 6.45) is 10.6. The van der Waals surface area contributed by atoms with Crippen LogP contribution in [0.4, 0.5) is 0 Å². The largest absolute Gasteiger partial charge is 0.490 e. The molecule has 1 heterocycles. The Morgan fingerprint density at radius 2 is 2.12 bits per heavy atom. The third-order valence-corrected chi connectivity index (χ3v) is 4.05. The first kappa shape index (κ1) is 12.6. The first-order valence-corrected chi connectivity index (χ1v) is 6.81. The SMILES string of the molecule is CNC1(CC(=O)C2=CCCCO2)CCCCC1. The van der Waals surface area contributed by atoms with E-state index in [1.165, 1.54) is 19.3 Å². The number of Topliss-reactive ketones (excluding diaryl/α,β-unsaturated/α-hetero) is 1. The molecule has 0 unspecified atom stereocenters. The molecular formula is C14H23NO2. The maximum Gasteiger partial charge on any atom is 0.198 e. The molecule has 0 bridgehead atoms. The number of ether oxygens (including phenoxy) is 1. The second-order valence-corrected chi connectivity index (χ2v) is 5.25. The van der Waals surface area contributed by atoms with E-state index in [-0.39, 0.29) is 11.3 Å². The molecule has 3 nitrogen and oxygen atoms in total. The fraction of sp³-hybridized carbons (Fsp3) is 0.786. The van der Waals surface area contributed by atoms with Crippen molar-refractivity contribution in [3.05, 3.63) is 11.8 Å². The Morgan fingerprint density at radius 3 is 2.71 bits per heavy atom. The van der Waals surface area contributed by atoms with Crippen molar-refractivity contribution in [2.75, 3.05) is 13.7 Å². The quantitative estimate of drug-likeness (QED) is 0.816. The first-order chi connectivity index (χ1) is 8.26. The van der Waals surface area contributed by atoms with Crippen LogP contribution in [0.15, 0.2) is 11.8 Å². The smallest absolute Gasteiger partial charge is 0.198 e. The lowest BCUT2D eigenvalue weighted by Crippen LogP contribution is -2.46. The number of ketones is 1. The molecule has 0 spiro atoms. The molecule has 17 heavy (non-hydrogen) atoms. The number of carbonyl (C=O) groups excluding carboxylic acids is 1. The van der Waals surface area contributed by atoms with Gasteiger partial charge in [-0.2, -0.15) is 0 Å². The monoisotopic (exact) mass is 237 g/mol. The summed E-state index contributed by atoms with van der Waals surface area (Å²) in [7, 11) is 1.98. The summed E-state index contributed by atoms with van der Waals surface area (Å²) in [5.41, 5.74) is 0.0248. The van der Waals surface area contributed by atoms with E-state index in [0.717, 1.165) is 25.7 Å². The lowest BCUT2D eigenvalue weighted by molar-refractivity contribution is -0.121. The molecule has 0 saturated heterocycles. The third kappa shape index (κ3) is 3.09. The van der Waals surface area contributed by atoms with Gasteiger partial charge >= 0.3 is 0 Å². The average molecular weight is 237 g/mol. The molecular weight excluding hydrogens is 214 g/mol. The van der Waals surface area contributed by atoms with Gasteiger partial charge in [0.1, 0.15) is 0 Å². The van der Waals surface area contributed by atoms with Crippen LogP contribution in [-0.2, 0) is 9.53 Å². The van der Waals surface area contributed by atoms with Gasteiger partial charge in [-0.25, -0.2) is 0 Å². The van der Waals surface area contributed by atoms with E-state index >= 15 is 0 Å². The predicted molar refractivity (Wildman–Crippen MR) is 67.8 cm³/mol. The van der Waals surface area contributed by atoms with E-state index in [9.17, 15) is 4.79 Å². The van der Waals surface area contributed by atoms with Crippen LogP contribution >= 0.6 is 0 Å². The van der Waals surface area contributed by atoms with Crippen molar-refractivity contribution in [3.8, 4) is 0 Å². The van der Waals surface area contributed by atoms with Crippen molar-refractivity contribution in [2.24, 2.45) is 0 Å². The molecule has 0 aromatic heterocycles. The molecule has 2 aliphatic rings. The normalized spacial score (nSPS) is 23.7. The van der Waals surface area contributed by atoms with Crippen LogP contribution in [0.25, 0.3) is 0 Å². The van der Waals surface area contributed by atoms with Crippen LogP contribution in [0.5, 0.6) is 0 Å². The fourth-order valence-electron chi connectivity index (χ4n) is 2.89. The minimum atomic E-state index is 0.0248. The molecule has 0 aromatic rings. The van der Waals surface area contributed by atoms with Crippen LogP contribution in [0.3, 0.4) is 0 Å². The van der Waals surface area contributed by atoms with E-state index in [1.54, 1.807) is 0 Å². The van der Waals surface area contributed by atoms with Crippen molar-refractivity contribution in [3.63, 3.8) is 0 Å². The highest BCUT2D eigenvalue weighted by atomic mass is 16.5. The number of allylic oxidation sites excluding steroid dienone is 2. The van der Waals surface area contributed by atoms with Crippen molar-refractivity contribution >= 4 is 5.78 Å². The highest BCUT2D eigenvalue weighted by molar-refractivity contribution is 5.94. The zero-order valence-corrected chi connectivity index (χ0v) is 10.8. The summed E-state index contributed by atoms with van der Waals surface area (Å²) in [6.45, 7) is 0.699. The first-order valence-electron chi connectivity index (χ1n) is 6.81. The number of hydrogen-bond acceptors (Lipinski definition) is 3. The van der Waals surface area contributed by atoms with Gasteiger partial charge in [0, 0.05) is 12.0 Å². The summed E-state index contributed by atoms with van der Waals surface area (Å²) in [6, 6.07) is 0. The topological polar surface area (TPSA) is 38.3 Å². The number of hydrogen-bond donors (Lipinski definition) is 1. The Labute approximate surface area is 104 Å². The summed E-state index contributed by atoms with van der Waals surface area (Å²) in [5, 5.41) is 3.38. The number of carbonyl (C=O) groups is 1. The van der Waals surface area contributed by atoms with Crippen LogP contribution in [0.1, 0.15) is 51.4 Å². The molecule has 0 amide bonds. The molecule has 96 valence electrons. The van der Waals surface area contributed by atoms with E-state index in [4.69, 9.17) is 4.74 Å². The van der Waals surface area contributed by atoms with E-state index in [0.29, 0.717) is 18.8 Å². The lowest BCUT2D eigenvalue weighted by atomic mass is 9.78. The van der Waals surface area contributed by atoms with Crippen LogP contribution < -0.4 is 5.32 Å². The molecule has 1 aliphatic heterocycles. The average Bonchev–Trinajstić information content (AvgIpc) is 2.41. The third-order valence-electron chi connectivity index (χ3n) is 4.05. The Bertz CT molecular complexity index is 303. The van der Waals surface area contributed by atoms with Crippen LogP contribution in [0.2, 0.25) is 0 Å². The Morgan fingerprint density at radius 1 is 1.35 bits per heavy atom. The molecule has 0 radical (unpaired) electrons. The molecule has 0 aromatic carbocycles. The summed E-state index contributed by atoms with van der Waals surface area (Å²) < 4.78 is 5.45. The van der Waals surface area contributed by atoms with Gasteiger partial charge in [-0.05, 0) is 38.8 Å². The van der Waals surface area contributed by atoms with Crippen LogP contribution in [0, 0.1) is 0 Å². The Balaban J connectivity index is 1.97. The molecule has 0 atom stereocenters. The zero-order valence-electron chi connectivity index (χ0n) is 10.8. The van der Waals surface area contributed by atoms with Gasteiger partial charge < -0.3 is 10.1 Å². The minimum Gasteiger partial charge on any atom is -0.490 e. The van der Waals surface area contributed by atoms with E-state index in [2.05, 4.69) is 5.32 Å². The zero-order chi connectivity index (χ0) is 12.1. The molecule has 3 heteroatoms. The fourth-order valence-corrected chi connectivity index (χ4v) is 2.89. The minimum absolute atomic E-state index is 0.0248. The second kappa shape index (κ2) is 5.67. The number of rotatable bonds is 4. The van der Waals surface area contributed by atoms with Crippen molar-refractivity contribution in [1.82, 2.24) is 5.32 Å². The maximum atomic E-state index is 12.2. The van der Waals surface area contributed by atoms with Gasteiger partial charge in [0.2, 0.25) is 0 Å². The maximum absolute atomic E-state index is 12.2. The summed E-state index contributed by atoms with van der Waals surface area (Å²) in [4.78, 5) is 12.2. The van der Waals surface area contributed by atoms with Crippen LogP contribution in [-0.4, -0.2) is 25.0 Å². The van der Waals surface area contributed by atoms with Gasteiger partial charge in [0.25, 0.3) is 0 Å². The van der Waals surface area contributed by atoms with Gasteiger partial charge in [-0.1, -0.05) is 19.3 Å². The number of nitrogens with one attached hydrogen (secondary N) is 1. The standard InChI is InChI=1S/C14H23NO2/c1-15-14(8-4-2-5-9-14)11-12(16)13-7-3-6-10-17-13/h7,15H,2-6,8-11H2,1H3. The van der Waals surface area contributed by atoms with E-state index in [1.807, 2.05) is 13.1 Å². The van der Waals surface area contributed by atoms with E-state index < -0.39 is 0 Å². The lowest BCUT2D eigenvalue weighted by Gasteiger charge is -2.37. The van der Waals surface area contributed by atoms with Gasteiger partial charge in [0.05, 0.1) is 6.61 Å². The Kier molecular flexibility index (Phi) is 4.21. The molecule has 1 fully saturated rings. The van der Waals surface area contributed by atoms with Gasteiger partial charge in [0.15, 0.2) is 11.5 Å². The highest BCUT2D eigenvalue weighted by Crippen LogP contribution is 2.32. The Hall–Kier alpha value is -0.830. The summed E-state index contributed by atoms with van der Waals surface area (Å²) in [5.74, 6) is 0.789. The van der Waals surface area contributed by atoms with Crippen molar-refractivity contribution in [2.45, 2.75) is 56.9 Å². The predicted octanol–water partition coefficient (Wildman–Crippen LogP) is 2.56. The molecule has 1 N–H and O–H groups in total. The highest BCUT2D eigenvalue weighted by Gasteiger charge is 2.33.